The largest absolute Gasteiger partial charge is 0.508 e. The van der Waals surface area contributed by atoms with Crippen LogP contribution in [-0.2, 0) is 9.53 Å². The fourth-order valence-corrected chi connectivity index (χ4v) is 1.54. The quantitative estimate of drug-likeness (QED) is 0.375. The van der Waals surface area contributed by atoms with Crippen LogP contribution in [0.1, 0.15) is 12.5 Å². The molecular formula is C14H16ClNO3. The minimum atomic E-state index is -0.647. The zero-order chi connectivity index (χ0) is 14.4. The molecule has 0 aliphatic carbocycles. The first kappa shape index (κ1) is 15.1. The minimum absolute atomic E-state index is 0.0422. The zero-order valence-corrected chi connectivity index (χ0v) is 11.6. The van der Waals surface area contributed by atoms with Gasteiger partial charge in [0.2, 0.25) is 0 Å². The van der Waals surface area contributed by atoms with Crippen molar-refractivity contribution >= 4 is 23.3 Å². The van der Waals surface area contributed by atoms with Crippen molar-refractivity contribution < 1.29 is 14.6 Å². The molecule has 1 aromatic carbocycles. The van der Waals surface area contributed by atoms with Crippen LogP contribution in [0.25, 0.3) is 0 Å². The van der Waals surface area contributed by atoms with Crippen LogP contribution < -0.4 is 5.32 Å². The van der Waals surface area contributed by atoms with Crippen LogP contribution in [0.3, 0.4) is 0 Å². The third-order valence-corrected chi connectivity index (χ3v) is 2.63. The van der Waals surface area contributed by atoms with Crippen LogP contribution >= 0.6 is 11.6 Å². The van der Waals surface area contributed by atoms with Gasteiger partial charge in [-0.25, -0.2) is 4.79 Å². The third kappa shape index (κ3) is 4.34. The summed E-state index contributed by atoms with van der Waals surface area (Å²) >= 11 is 6.01. The molecule has 0 bridgehead atoms. The van der Waals surface area contributed by atoms with E-state index in [-0.39, 0.29) is 17.9 Å². The Bertz CT molecular complexity index is 523. The number of hydrogen-bond acceptors (Lipinski definition) is 4. The Labute approximate surface area is 117 Å². The van der Waals surface area contributed by atoms with Crippen LogP contribution in [0.15, 0.2) is 42.3 Å². The lowest BCUT2D eigenvalue weighted by molar-refractivity contribution is -0.138. The number of aliphatic hydroxyl groups is 1. The van der Waals surface area contributed by atoms with Gasteiger partial charge in [-0.2, -0.15) is 0 Å². The first-order valence-corrected chi connectivity index (χ1v) is 6.11. The van der Waals surface area contributed by atoms with Crippen molar-refractivity contribution in [3.63, 3.8) is 0 Å². The third-order valence-electron chi connectivity index (χ3n) is 2.30. The summed E-state index contributed by atoms with van der Waals surface area (Å²) in [6.45, 7) is 7.14. The summed E-state index contributed by atoms with van der Waals surface area (Å²) in [5.41, 5.74) is 1.60. The van der Waals surface area contributed by atoms with E-state index in [1.54, 1.807) is 13.0 Å². The van der Waals surface area contributed by atoms with E-state index in [1.807, 2.05) is 19.1 Å². The van der Waals surface area contributed by atoms with Crippen molar-refractivity contribution in [1.29, 1.82) is 0 Å². The SMILES string of the molecule is C=C(O)/C(=C/Nc1cc(C)ccc1Cl)C(=O)OCC. The summed E-state index contributed by atoms with van der Waals surface area (Å²) in [5.74, 6) is -1.01. The maximum absolute atomic E-state index is 11.6. The van der Waals surface area contributed by atoms with Gasteiger partial charge in [0.1, 0.15) is 11.3 Å². The molecule has 0 aliphatic rings. The number of halogens is 1. The van der Waals surface area contributed by atoms with E-state index >= 15 is 0 Å². The average Bonchev–Trinajstić information content (AvgIpc) is 2.33. The first-order valence-electron chi connectivity index (χ1n) is 5.74. The van der Waals surface area contributed by atoms with Crippen LogP contribution in [0, 0.1) is 6.92 Å². The fourth-order valence-electron chi connectivity index (χ4n) is 1.37. The maximum atomic E-state index is 11.6. The molecular weight excluding hydrogens is 266 g/mol. The smallest absolute Gasteiger partial charge is 0.343 e. The molecule has 19 heavy (non-hydrogen) atoms. The van der Waals surface area contributed by atoms with Crippen LogP contribution in [0.2, 0.25) is 5.02 Å². The molecule has 102 valence electrons. The lowest BCUT2D eigenvalue weighted by Gasteiger charge is -2.08. The van der Waals surface area contributed by atoms with Crippen molar-refractivity contribution in [3.05, 3.63) is 52.9 Å². The molecule has 1 rings (SSSR count). The van der Waals surface area contributed by atoms with Gasteiger partial charge in [0.15, 0.2) is 0 Å². The van der Waals surface area contributed by atoms with Gasteiger partial charge in [0.05, 0.1) is 17.3 Å². The Morgan fingerprint density at radius 2 is 2.26 bits per heavy atom. The normalized spacial score (nSPS) is 11.0. The zero-order valence-electron chi connectivity index (χ0n) is 10.9. The molecule has 0 radical (unpaired) electrons. The highest BCUT2D eigenvalue weighted by Gasteiger charge is 2.13. The molecule has 5 heteroatoms. The van der Waals surface area contributed by atoms with E-state index in [0.29, 0.717) is 10.7 Å². The molecule has 1 aromatic rings. The molecule has 0 unspecified atom stereocenters. The van der Waals surface area contributed by atoms with E-state index in [4.69, 9.17) is 16.3 Å². The molecule has 2 N–H and O–H groups in total. The maximum Gasteiger partial charge on any atom is 0.343 e. The second-order valence-electron chi connectivity index (χ2n) is 3.85. The number of aliphatic hydroxyl groups excluding tert-OH is 1. The van der Waals surface area contributed by atoms with Gasteiger partial charge in [-0.1, -0.05) is 24.2 Å². The summed E-state index contributed by atoms with van der Waals surface area (Å²) in [7, 11) is 0. The lowest BCUT2D eigenvalue weighted by atomic mass is 10.2. The highest BCUT2D eigenvalue weighted by atomic mass is 35.5. The molecule has 0 spiro atoms. The monoisotopic (exact) mass is 281 g/mol. The van der Waals surface area contributed by atoms with Crippen molar-refractivity contribution in [2.75, 3.05) is 11.9 Å². The summed E-state index contributed by atoms with van der Waals surface area (Å²) in [6, 6.07) is 5.43. The summed E-state index contributed by atoms with van der Waals surface area (Å²) in [5, 5.41) is 12.7. The number of esters is 1. The van der Waals surface area contributed by atoms with Crippen LogP contribution in [0.5, 0.6) is 0 Å². The molecule has 0 aromatic heterocycles. The topological polar surface area (TPSA) is 58.6 Å². The minimum Gasteiger partial charge on any atom is -0.508 e. The molecule has 0 atom stereocenters. The van der Waals surface area contributed by atoms with Gasteiger partial charge in [-0.3, -0.25) is 0 Å². The Morgan fingerprint density at radius 1 is 1.58 bits per heavy atom. The van der Waals surface area contributed by atoms with Gasteiger partial charge in [0.25, 0.3) is 0 Å². The molecule has 0 saturated heterocycles. The van der Waals surface area contributed by atoms with Gasteiger partial charge in [0, 0.05) is 6.20 Å². The number of rotatable bonds is 5. The molecule has 0 saturated carbocycles. The Kier molecular flexibility index (Phi) is 5.45. The van der Waals surface area contributed by atoms with Crippen LogP contribution in [-0.4, -0.2) is 17.7 Å². The van der Waals surface area contributed by atoms with Gasteiger partial charge < -0.3 is 15.2 Å². The Hall–Kier alpha value is -1.94. The number of benzene rings is 1. The highest BCUT2D eigenvalue weighted by Crippen LogP contribution is 2.23. The molecule has 0 fully saturated rings. The summed E-state index contributed by atoms with van der Waals surface area (Å²) < 4.78 is 4.81. The van der Waals surface area contributed by atoms with Crippen molar-refractivity contribution in [3.8, 4) is 0 Å². The van der Waals surface area contributed by atoms with E-state index in [2.05, 4.69) is 11.9 Å². The molecule has 0 heterocycles. The molecule has 4 nitrogen and oxygen atoms in total. The number of aryl methyl sites for hydroxylation is 1. The predicted octanol–water partition coefficient (Wildman–Crippen LogP) is 3.58. The van der Waals surface area contributed by atoms with Crippen molar-refractivity contribution in [2.45, 2.75) is 13.8 Å². The number of hydrogen-bond donors (Lipinski definition) is 2. The highest BCUT2D eigenvalue weighted by molar-refractivity contribution is 6.33. The number of carbonyl (C=O) groups is 1. The first-order chi connectivity index (χ1) is 8.95. The van der Waals surface area contributed by atoms with E-state index in [0.717, 1.165) is 5.56 Å². The number of anilines is 1. The molecule has 0 aliphatic heterocycles. The Balaban J connectivity index is 2.95. The van der Waals surface area contributed by atoms with E-state index in [9.17, 15) is 9.90 Å². The van der Waals surface area contributed by atoms with Gasteiger partial charge in [-0.05, 0) is 31.5 Å². The van der Waals surface area contributed by atoms with Crippen molar-refractivity contribution in [2.24, 2.45) is 0 Å². The predicted molar refractivity (Wildman–Crippen MR) is 76.3 cm³/mol. The summed E-state index contributed by atoms with van der Waals surface area (Å²) in [6.07, 6.45) is 1.32. The Morgan fingerprint density at radius 3 is 2.84 bits per heavy atom. The van der Waals surface area contributed by atoms with Gasteiger partial charge in [-0.15, -0.1) is 0 Å². The summed E-state index contributed by atoms with van der Waals surface area (Å²) in [4.78, 5) is 11.6. The van der Waals surface area contributed by atoms with E-state index < -0.39 is 5.97 Å². The van der Waals surface area contributed by atoms with E-state index in [1.165, 1.54) is 6.20 Å². The van der Waals surface area contributed by atoms with Crippen LogP contribution in [0.4, 0.5) is 5.69 Å². The average molecular weight is 282 g/mol. The number of nitrogens with one attached hydrogen (secondary N) is 1. The second kappa shape index (κ2) is 6.85. The number of ether oxygens (including phenoxy) is 1. The fraction of sp³-hybridized carbons (Fsp3) is 0.214. The second-order valence-corrected chi connectivity index (χ2v) is 4.26. The van der Waals surface area contributed by atoms with Gasteiger partial charge >= 0.3 is 5.97 Å². The molecule has 0 amide bonds. The standard InChI is InChI=1S/C14H16ClNO3/c1-4-19-14(18)11(10(3)17)8-16-13-7-9(2)5-6-12(13)15/h5-8,16-17H,3-4H2,1-2H3/b11-8-. The number of carbonyl (C=O) groups excluding carboxylic acids is 1. The van der Waals surface area contributed by atoms with Crippen molar-refractivity contribution in [1.82, 2.24) is 0 Å². The lowest BCUT2D eigenvalue weighted by Crippen LogP contribution is -2.11.